The van der Waals surface area contributed by atoms with Crippen LogP contribution in [-0.2, 0) is 14.4 Å². The molecule has 0 aromatic rings. The second-order valence-electron chi connectivity index (χ2n) is 4.13. The first-order chi connectivity index (χ1) is 8.13. The fourth-order valence-electron chi connectivity index (χ4n) is 2.06. The predicted molar refractivity (Wildman–Crippen MR) is 61.6 cm³/mol. The van der Waals surface area contributed by atoms with Crippen LogP contribution in [0.1, 0.15) is 26.2 Å². The van der Waals surface area contributed by atoms with Crippen LogP contribution in [0.5, 0.6) is 0 Å². The number of carbonyl (C=O) groups excluding carboxylic acids is 3. The number of aliphatic imine (C=N–C) groups is 1. The van der Waals surface area contributed by atoms with Crippen LogP contribution in [0.2, 0.25) is 0 Å². The minimum absolute atomic E-state index is 0.0169. The van der Waals surface area contributed by atoms with Crippen molar-refractivity contribution in [2.75, 3.05) is 6.54 Å². The monoisotopic (exact) mass is 234 g/mol. The van der Waals surface area contributed by atoms with Crippen LogP contribution in [0.15, 0.2) is 16.6 Å². The van der Waals surface area contributed by atoms with Gasteiger partial charge in [-0.25, -0.2) is 4.99 Å². The molecular weight excluding hydrogens is 220 g/mol. The fraction of sp³-hybridized carbons (Fsp3) is 0.500. The number of Topliss-reactive ketones (excluding diaryl/α,β-unsaturated/α-hetero) is 1. The van der Waals surface area contributed by atoms with Crippen LogP contribution in [0.25, 0.3) is 0 Å². The van der Waals surface area contributed by atoms with Gasteiger partial charge in [-0.2, -0.15) is 0 Å². The topological polar surface area (TPSA) is 75.6 Å². The van der Waals surface area contributed by atoms with Gasteiger partial charge in [0.1, 0.15) is 5.92 Å². The van der Waals surface area contributed by atoms with Gasteiger partial charge in [0.25, 0.3) is 5.91 Å². The van der Waals surface area contributed by atoms with E-state index in [1.165, 1.54) is 6.08 Å². The van der Waals surface area contributed by atoms with Crippen LogP contribution in [-0.4, -0.2) is 29.9 Å². The molecule has 2 rings (SSSR count). The largest absolute Gasteiger partial charge is 0.355 e. The average Bonchev–Trinajstić information content (AvgIpc) is 2.29. The molecule has 1 heterocycles. The number of hydrogen-bond donors (Lipinski definition) is 1. The molecule has 5 heteroatoms. The lowest BCUT2D eigenvalue weighted by molar-refractivity contribution is -0.131. The number of fused-ring (bicyclic) bond motifs is 1. The van der Waals surface area contributed by atoms with Gasteiger partial charge in [0, 0.05) is 18.5 Å². The zero-order chi connectivity index (χ0) is 12.4. The maximum Gasteiger partial charge on any atom is 0.262 e. The van der Waals surface area contributed by atoms with Gasteiger partial charge < -0.3 is 5.32 Å². The van der Waals surface area contributed by atoms with Crippen LogP contribution < -0.4 is 5.32 Å². The van der Waals surface area contributed by atoms with Crippen LogP contribution in [0.3, 0.4) is 0 Å². The first-order valence-electron chi connectivity index (χ1n) is 5.78. The summed E-state index contributed by atoms with van der Waals surface area (Å²) in [7, 11) is 0. The van der Waals surface area contributed by atoms with Crippen molar-refractivity contribution in [3.05, 3.63) is 11.6 Å². The minimum Gasteiger partial charge on any atom is -0.355 e. The second kappa shape index (κ2) is 4.61. The summed E-state index contributed by atoms with van der Waals surface area (Å²) in [6, 6.07) is 0. The molecule has 1 saturated carbocycles. The van der Waals surface area contributed by atoms with E-state index in [2.05, 4.69) is 10.3 Å². The Morgan fingerprint density at radius 1 is 1.47 bits per heavy atom. The third-order valence-corrected chi connectivity index (χ3v) is 2.91. The molecule has 0 radical (unpaired) electrons. The molecule has 0 aromatic heterocycles. The molecule has 17 heavy (non-hydrogen) atoms. The van der Waals surface area contributed by atoms with E-state index in [1.807, 2.05) is 0 Å². The highest BCUT2D eigenvalue weighted by molar-refractivity contribution is 6.28. The standard InChI is InChI=1S/C12H14N2O3/c1-2-13-11(16)8-6-7-9(14-12(8)17)4-3-5-10(7)15/h6,8H,2-5H2,1H3,(H,13,16). The average molecular weight is 234 g/mol. The van der Waals surface area contributed by atoms with Gasteiger partial charge in [-0.3, -0.25) is 14.4 Å². The molecule has 2 aliphatic rings. The van der Waals surface area contributed by atoms with Crippen molar-refractivity contribution in [3.63, 3.8) is 0 Å². The van der Waals surface area contributed by atoms with Gasteiger partial charge in [0.05, 0.1) is 5.71 Å². The van der Waals surface area contributed by atoms with Crippen molar-refractivity contribution >= 4 is 23.3 Å². The summed E-state index contributed by atoms with van der Waals surface area (Å²) in [5, 5.41) is 2.57. The van der Waals surface area contributed by atoms with Gasteiger partial charge in [-0.15, -0.1) is 0 Å². The van der Waals surface area contributed by atoms with Crippen molar-refractivity contribution in [2.45, 2.75) is 26.2 Å². The van der Waals surface area contributed by atoms with E-state index in [-0.39, 0.29) is 11.7 Å². The number of nitrogens with zero attached hydrogens (tertiary/aromatic N) is 1. The highest BCUT2D eigenvalue weighted by Gasteiger charge is 2.33. The first-order valence-corrected chi connectivity index (χ1v) is 5.78. The molecule has 0 saturated heterocycles. The number of rotatable bonds is 2. The van der Waals surface area contributed by atoms with Gasteiger partial charge in [-0.05, 0) is 19.8 Å². The Bertz CT molecular complexity index is 449. The Hall–Kier alpha value is -1.78. The smallest absolute Gasteiger partial charge is 0.262 e. The summed E-state index contributed by atoms with van der Waals surface area (Å²) >= 11 is 0. The van der Waals surface area contributed by atoms with Gasteiger partial charge in [0.2, 0.25) is 5.91 Å². The quantitative estimate of drug-likeness (QED) is 0.703. The number of amides is 2. The summed E-state index contributed by atoms with van der Waals surface area (Å²) < 4.78 is 0. The molecule has 1 unspecified atom stereocenters. The lowest BCUT2D eigenvalue weighted by Crippen LogP contribution is -2.37. The summed E-state index contributed by atoms with van der Waals surface area (Å²) in [4.78, 5) is 38.8. The zero-order valence-corrected chi connectivity index (χ0v) is 9.66. The molecular formula is C12H14N2O3. The van der Waals surface area contributed by atoms with E-state index >= 15 is 0 Å². The Morgan fingerprint density at radius 2 is 2.24 bits per heavy atom. The van der Waals surface area contributed by atoms with E-state index in [1.54, 1.807) is 6.92 Å². The summed E-state index contributed by atoms with van der Waals surface area (Å²) in [5.74, 6) is -1.80. The molecule has 5 nitrogen and oxygen atoms in total. The molecule has 0 aromatic carbocycles. The Morgan fingerprint density at radius 3 is 2.94 bits per heavy atom. The van der Waals surface area contributed by atoms with Crippen molar-refractivity contribution in [1.29, 1.82) is 0 Å². The predicted octanol–water partition coefficient (Wildman–Crippen LogP) is 0.399. The van der Waals surface area contributed by atoms with E-state index in [0.29, 0.717) is 30.7 Å². The van der Waals surface area contributed by atoms with E-state index < -0.39 is 11.8 Å². The van der Waals surface area contributed by atoms with Crippen LogP contribution in [0, 0.1) is 5.92 Å². The summed E-state index contributed by atoms with van der Waals surface area (Å²) in [6.07, 6.45) is 3.32. The van der Waals surface area contributed by atoms with E-state index in [0.717, 1.165) is 6.42 Å². The maximum absolute atomic E-state index is 11.7. The third kappa shape index (κ3) is 2.18. The lowest BCUT2D eigenvalue weighted by atomic mass is 9.86. The van der Waals surface area contributed by atoms with Gasteiger partial charge in [-0.1, -0.05) is 6.08 Å². The maximum atomic E-state index is 11.7. The molecule has 1 fully saturated rings. The van der Waals surface area contributed by atoms with E-state index in [9.17, 15) is 14.4 Å². The fourth-order valence-corrected chi connectivity index (χ4v) is 2.06. The molecule has 2 amide bonds. The highest BCUT2D eigenvalue weighted by atomic mass is 16.2. The summed E-state index contributed by atoms with van der Waals surface area (Å²) in [6.45, 7) is 2.23. The molecule has 1 aliphatic heterocycles. The SMILES string of the molecule is CCNC(=O)C1C=C2C(=O)CCCC2=NC1=O. The van der Waals surface area contributed by atoms with Crippen LogP contribution >= 0.6 is 0 Å². The Labute approximate surface area is 99.0 Å². The molecule has 1 atom stereocenters. The third-order valence-electron chi connectivity index (χ3n) is 2.91. The van der Waals surface area contributed by atoms with Gasteiger partial charge >= 0.3 is 0 Å². The second-order valence-corrected chi connectivity index (χ2v) is 4.13. The molecule has 0 bridgehead atoms. The van der Waals surface area contributed by atoms with Crippen LogP contribution in [0.4, 0.5) is 0 Å². The number of hydrogen-bond acceptors (Lipinski definition) is 3. The minimum atomic E-state index is -0.934. The highest BCUT2D eigenvalue weighted by Crippen LogP contribution is 2.24. The Balaban J connectivity index is 2.28. The molecule has 90 valence electrons. The number of ketones is 1. The molecule has 1 aliphatic carbocycles. The Kier molecular flexibility index (Phi) is 3.17. The van der Waals surface area contributed by atoms with Crippen molar-refractivity contribution in [1.82, 2.24) is 5.32 Å². The molecule has 0 spiro atoms. The normalized spacial score (nSPS) is 23.7. The first kappa shape index (κ1) is 11.7. The zero-order valence-electron chi connectivity index (χ0n) is 9.66. The molecule has 1 N–H and O–H groups in total. The number of carbonyl (C=O) groups is 3. The van der Waals surface area contributed by atoms with Gasteiger partial charge in [0.15, 0.2) is 5.78 Å². The number of dihydropyridines is 1. The number of allylic oxidation sites excluding steroid dienone is 1. The van der Waals surface area contributed by atoms with Crippen molar-refractivity contribution in [2.24, 2.45) is 10.9 Å². The summed E-state index contributed by atoms with van der Waals surface area (Å²) in [5.41, 5.74) is 1.01. The van der Waals surface area contributed by atoms with Crippen molar-refractivity contribution in [3.8, 4) is 0 Å². The number of nitrogens with one attached hydrogen (secondary N) is 1. The van der Waals surface area contributed by atoms with E-state index in [4.69, 9.17) is 0 Å². The van der Waals surface area contributed by atoms with Crippen molar-refractivity contribution < 1.29 is 14.4 Å². The lowest BCUT2D eigenvalue weighted by Gasteiger charge is -2.21.